The van der Waals surface area contributed by atoms with Gasteiger partial charge in [0.05, 0.1) is 5.56 Å². The average molecular weight is 262 g/mol. The minimum Gasteiger partial charge on any atom is -0.478 e. The van der Waals surface area contributed by atoms with Crippen LogP contribution in [0.15, 0.2) is 24.3 Å². The van der Waals surface area contributed by atoms with Crippen molar-refractivity contribution in [2.24, 2.45) is 0 Å². The zero-order chi connectivity index (χ0) is 14.0. The highest BCUT2D eigenvalue weighted by Crippen LogP contribution is 2.20. The second-order valence-electron chi connectivity index (χ2n) is 5.60. The molecule has 0 spiro atoms. The molecule has 104 valence electrons. The van der Waals surface area contributed by atoms with Crippen LogP contribution >= 0.6 is 0 Å². The van der Waals surface area contributed by atoms with Gasteiger partial charge in [-0.1, -0.05) is 12.1 Å². The molecule has 1 aliphatic rings. The summed E-state index contributed by atoms with van der Waals surface area (Å²) in [5, 5.41) is 8.87. The third-order valence-corrected chi connectivity index (χ3v) is 4.12. The molecule has 0 aromatic heterocycles. The number of likely N-dealkylation sites (tertiary alicyclic amines) is 1. The molecule has 1 fully saturated rings. The van der Waals surface area contributed by atoms with Crippen LogP contribution in [0.25, 0.3) is 0 Å². The first-order valence-corrected chi connectivity index (χ1v) is 6.70. The van der Waals surface area contributed by atoms with Gasteiger partial charge in [0.1, 0.15) is 0 Å². The summed E-state index contributed by atoms with van der Waals surface area (Å²) >= 11 is 0. The van der Waals surface area contributed by atoms with Crippen LogP contribution < -0.4 is 0 Å². The van der Waals surface area contributed by atoms with Crippen LogP contribution in [0.4, 0.5) is 0 Å². The van der Waals surface area contributed by atoms with E-state index in [1.807, 2.05) is 12.1 Å². The fourth-order valence-electron chi connectivity index (χ4n) is 2.65. The molecule has 0 saturated carbocycles. The lowest BCUT2D eigenvalue weighted by molar-refractivity contribution is 0.0697. The molecular weight excluding hydrogens is 240 g/mol. The number of likely N-dealkylation sites (N-methyl/N-ethyl adjacent to an activating group) is 2. The largest absolute Gasteiger partial charge is 0.478 e. The number of nitrogens with zero attached hydrogens (tertiary/aromatic N) is 2. The van der Waals surface area contributed by atoms with Gasteiger partial charge in [-0.3, -0.25) is 4.90 Å². The van der Waals surface area contributed by atoms with Gasteiger partial charge in [0.15, 0.2) is 0 Å². The normalized spacial score (nSPS) is 24.0. The summed E-state index contributed by atoms with van der Waals surface area (Å²) in [5.41, 5.74) is 1.51. The SMILES string of the molecule is CC1CC(N(C)Cc2ccc(C(=O)O)cc2)CN1C. The third-order valence-electron chi connectivity index (χ3n) is 4.12. The molecule has 2 atom stereocenters. The van der Waals surface area contributed by atoms with Crippen molar-refractivity contribution in [3.05, 3.63) is 35.4 Å². The Morgan fingerprint density at radius 2 is 2.05 bits per heavy atom. The summed E-state index contributed by atoms with van der Waals surface area (Å²) in [6.07, 6.45) is 1.19. The second-order valence-corrected chi connectivity index (χ2v) is 5.60. The third kappa shape index (κ3) is 3.33. The van der Waals surface area contributed by atoms with Gasteiger partial charge in [0, 0.05) is 25.2 Å². The second kappa shape index (κ2) is 5.72. The Hall–Kier alpha value is -1.39. The van der Waals surface area contributed by atoms with Crippen LogP contribution in [0.3, 0.4) is 0 Å². The molecule has 4 heteroatoms. The van der Waals surface area contributed by atoms with Gasteiger partial charge in [0.25, 0.3) is 0 Å². The fraction of sp³-hybridized carbons (Fsp3) is 0.533. The van der Waals surface area contributed by atoms with Crippen molar-refractivity contribution in [1.29, 1.82) is 0 Å². The number of hydrogen-bond donors (Lipinski definition) is 1. The van der Waals surface area contributed by atoms with Gasteiger partial charge < -0.3 is 10.0 Å². The van der Waals surface area contributed by atoms with Crippen molar-refractivity contribution in [2.45, 2.75) is 32.0 Å². The first-order valence-electron chi connectivity index (χ1n) is 6.70. The lowest BCUT2D eigenvalue weighted by Crippen LogP contribution is -2.33. The van der Waals surface area contributed by atoms with Crippen LogP contribution in [0.2, 0.25) is 0 Å². The van der Waals surface area contributed by atoms with Crippen molar-refractivity contribution in [3.8, 4) is 0 Å². The standard InChI is InChI=1S/C15H22N2O2/c1-11-8-14(10-16(11)2)17(3)9-12-4-6-13(7-5-12)15(18)19/h4-7,11,14H,8-10H2,1-3H3,(H,18,19). The number of benzene rings is 1. The predicted octanol–water partition coefficient (Wildman–Crippen LogP) is 1.91. The molecule has 0 bridgehead atoms. The Bertz CT molecular complexity index is 434. The first kappa shape index (κ1) is 14.0. The topological polar surface area (TPSA) is 43.8 Å². The molecule has 1 saturated heterocycles. The molecule has 1 aliphatic heterocycles. The minimum absolute atomic E-state index is 0.348. The summed E-state index contributed by atoms with van der Waals surface area (Å²) in [5.74, 6) is -0.869. The van der Waals surface area contributed by atoms with Crippen LogP contribution in [-0.4, -0.2) is 53.6 Å². The maximum absolute atomic E-state index is 10.8. The van der Waals surface area contributed by atoms with Gasteiger partial charge in [-0.05, 0) is 45.1 Å². The number of carbonyl (C=O) groups is 1. The number of aromatic carboxylic acids is 1. The van der Waals surface area contributed by atoms with E-state index in [1.54, 1.807) is 12.1 Å². The van der Waals surface area contributed by atoms with Gasteiger partial charge in [-0.25, -0.2) is 4.79 Å². The number of rotatable bonds is 4. The summed E-state index contributed by atoms with van der Waals surface area (Å²) in [6.45, 7) is 4.23. The Kier molecular flexibility index (Phi) is 4.22. The minimum atomic E-state index is -0.869. The molecule has 0 aliphatic carbocycles. The molecule has 1 aromatic rings. The van der Waals surface area contributed by atoms with Gasteiger partial charge in [-0.2, -0.15) is 0 Å². The average Bonchev–Trinajstić information content (AvgIpc) is 2.70. The molecule has 1 aromatic carbocycles. The summed E-state index contributed by atoms with van der Waals surface area (Å²) in [7, 11) is 4.31. The lowest BCUT2D eigenvalue weighted by Gasteiger charge is -2.24. The lowest BCUT2D eigenvalue weighted by atomic mass is 10.1. The van der Waals surface area contributed by atoms with Gasteiger partial charge in [-0.15, -0.1) is 0 Å². The number of carboxylic acid groups (broad SMARTS) is 1. The zero-order valence-corrected chi connectivity index (χ0v) is 11.8. The van der Waals surface area contributed by atoms with Gasteiger partial charge in [0.2, 0.25) is 0 Å². The van der Waals surface area contributed by atoms with Crippen LogP contribution in [-0.2, 0) is 6.54 Å². The fourth-order valence-corrected chi connectivity index (χ4v) is 2.65. The predicted molar refractivity (Wildman–Crippen MR) is 75.4 cm³/mol. The molecule has 2 rings (SSSR count). The summed E-state index contributed by atoms with van der Waals surface area (Å²) < 4.78 is 0. The molecule has 1 heterocycles. The van der Waals surface area contributed by atoms with Crippen molar-refractivity contribution in [3.63, 3.8) is 0 Å². The Labute approximate surface area is 114 Å². The van der Waals surface area contributed by atoms with Crippen LogP contribution in [0.1, 0.15) is 29.3 Å². The zero-order valence-electron chi connectivity index (χ0n) is 11.8. The Balaban J connectivity index is 1.95. The van der Waals surface area contributed by atoms with E-state index in [0.717, 1.165) is 18.7 Å². The van der Waals surface area contributed by atoms with E-state index in [4.69, 9.17) is 5.11 Å². The van der Waals surface area contributed by atoms with E-state index in [-0.39, 0.29) is 0 Å². The van der Waals surface area contributed by atoms with E-state index in [9.17, 15) is 4.79 Å². The van der Waals surface area contributed by atoms with E-state index in [2.05, 4.69) is 30.8 Å². The van der Waals surface area contributed by atoms with Crippen molar-refractivity contribution < 1.29 is 9.90 Å². The van der Waals surface area contributed by atoms with Crippen molar-refractivity contribution in [2.75, 3.05) is 20.6 Å². The number of hydrogen-bond acceptors (Lipinski definition) is 3. The van der Waals surface area contributed by atoms with Crippen molar-refractivity contribution >= 4 is 5.97 Å². The maximum atomic E-state index is 10.8. The highest BCUT2D eigenvalue weighted by molar-refractivity contribution is 5.87. The molecule has 19 heavy (non-hydrogen) atoms. The van der Waals surface area contributed by atoms with E-state index >= 15 is 0 Å². The Morgan fingerprint density at radius 1 is 1.42 bits per heavy atom. The molecular formula is C15H22N2O2. The van der Waals surface area contributed by atoms with E-state index < -0.39 is 5.97 Å². The highest BCUT2D eigenvalue weighted by Gasteiger charge is 2.28. The van der Waals surface area contributed by atoms with Gasteiger partial charge >= 0.3 is 5.97 Å². The molecule has 4 nitrogen and oxygen atoms in total. The monoisotopic (exact) mass is 262 g/mol. The van der Waals surface area contributed by atoms with Crippen LogP contribution in [0.5, 0.6) is 0 Å². The smallest absolute Gasteiger partial charge is 0.335 e. The number of carboxylic acids is 1. The van der Waals surface area contributed by atoms with E-state index in [1.165, 1.54) is 6.42 Å². The summed E-state index contributed by atoms with van der Waals surface area (Å²) in [4.78, 5) is 15.5. The molecule has 0 amide bonds. The Morgan fingerprint density at radius 3 is 2.53 bits per heavy atom. The molecule has 0 radical (unpaired) electrons. The quantitative estimate of drug-likeness (QED) is 0.900. The van der Waals surface area contributed by atoms with Crippen molar-refractivity contribution in [1.82, 2.24) is 9.80 Å². The van der Waals surface area contributed by atoms with E-state index in [0.29, 0.717) is 17.6 Å². The molecule has 2 unspecified atom stereocenters. The van der Waals surface area contributed by atoms with Crippen LogP contribution in [0, 0.1) is 0 Å². The summed E-state index contributed by atoms with van der Waals surface area (Å²) in [6, 6.07) is 8.38. The molecule has 1 N–H and O–H groups in total. The first-order chi connectivity index (χ1) is 8.97. The highest BCUT2D eigenvalue weighted by atomic mass is 16.4. The maximum Gasteiger partial charge on any atom is 0.335 e.